The van der Waals surface area contributed by atoms with Gasteiger partial charge in [-0.25, -0.2) is 0 Å². The summed E-state index contributed by atoms with van der Waals surface area (Å²) >= 11 is 0. The van der Waals surface area contributed by atoms with Crippen LogP contribution in [0.3, 0.4) is 0 Å². The Bertz CT molecular complexity index is 154. The van der Waals surface area contributed by atoms with Gasteiger partial charge in [-0.1, -0.05) is 0 Å². The minimum Gasteiger partial charge on any atom is -0.378 e. The Balaban J connectivity index is 0. The van der Waals surface area contributed by atoms with E-state index in [4.69, 9.17) is 10.5 Å². The Morgan fingerprint density at radius 2 is 2.07 bits per heavy atom. The van der Waals surface area contributed by atoms with Crippen LogP contribution in [-0.4, -0.2) is 31.7 Å². The fourth-order valence-electron chi connectivity index (χ4n) is 0.973. The minimum atomic E-state index is 0. The minimum absolute atomic E-state index is 0. The number of unbranched alkanes of at least 4 members (excludes halogenated alkanes) is 1. The quantitative estimate of drug-likeness (QED) is 0.622. The van der Waals surface area contributed by atoms with E-state index in [1.54, 1.807) is 0 Å². The lowest BCUT2D eigenvalue weighted by Gasteiger charge is -2.07. The number of halogens is 1. The molecule has 15 heavy (non-hydrogen) atoms. The van der Waals surface area contributed by atoms with Crippen molar-refractivity contribution >= 4 is 18.3 Å². The number of ether oxygens (including phenoxy) is 1. The number of hydrogen-bond acceptors (Lipinski definition) is 3. The molecule has 4 nitrogen and oxygen atoms in total. The van der Waals surface area contributed by atoms with E-state index in [0.29, 0.717) is 19.6 Å². The molecule has 0 aromatic rings. The van der Waals surface area contributed by atoms with E-state index < -0.39 is 0 Å². The maximum Gasteiger partial charge on any atom is 0.222 e. The molecule has 92 valence electrons. The zero-order valence-electron chi connectivity index (χ0n) is 9.62. The van der Waals surface area contributed by atoms with E-state index in [-0.39, 0.29) is 24.4 Å². The third-order valence-corrected chi connectivity index (χ3v) is 1.73. The highest BCUT2D eigenvalue weighted by Gasteiger charge is 2.00. The van der Waals surface area contributed by atoms with Gasteiger partial charge in [-0.3, -0.25) is 4.79 Å². The van der Waals surface area contributed by atoms with Gasteiger partial charge >= 0.3 is 0 Å². The Morgan fingerprint density at radius 3 is 2.60 bits per heavy atom. The van der Waals surface area contributed by atoms with Crippen molar-refractivity contribution in [2.45, 2.75) is 39.2 Å². The van der Waals surface area contributed by atoms with E-state index in [1.807, 2.05) is 13.8 Å². The van der Waals surface area contributed by atoms with Crippen LogP contribution in [-0.2, 0) is 9.53 Å². The van der Waals surface area contributed by atoms with Gasteiger partial charge in [0.2, 0.25) is 5.91 Å². The Hall–Kier alpha value is -0.320. The smallest absolute Gasteiger partial charge is 0.222 e. The maximum atomic E-state index is 11.2. The summed E-state index contributed by atoms with van der Waals surface area (Å²) in [5.74, 6) is 0.0580. The van der Waals surface area contributed by atoms with Crippen molar-refractivity contribution in [3.63, 3.8) is 0 Å². The highest BCUT2D eigenvalue weighted by atomic mass is 35.5. The average Bonchev–Trinajstić information content (AvgIpc) is 2.12. The molecule has 0 heterocycles. The molecule has 3 N–H and O–H groups in total. The topological polar surface area (TPSA) is 64.3 Å². The fourth-order valence-corrected chi connectivity index (χ4v) is 0.973. The van der Waals surface area contributed by atoms with E-state index in [0.717, 1.165) is 19.4 Å². The summed E-state index contributed by atoms with van der Waals surface area (Å²) in [6.45, 7) is 5.82. The monoisotopic (exact) mass is 238 g/mol. The number of nitrogens with two attached hydrogens (primary N) is 1. The zero-order valence-corrected chi connectivity index (χ0v) is 10.4. The van der Waals surface area contributed by atoms with Gasteiger partial charge in [0.15, 0.2) is 0 Å². The Morgan fingerprint density at radius 1 is 1.40 bits per heavy atom. The summed E-state index contributed by atoms with van der Waals surface area (Å²) in [7, 11) is 0. The lowest BCUT2D eigenvalue weighted by Crippen LogP contribution is -2.26. The molecular formula is C10H23ClN2O2. The van der Waals surface area contributed by atoms with Gasteiger partial charge in [0, 0.05) is 13.0 Å². The van der Waals surface area contributed by atoms with Crippen LogP contribution in [0.1, 0.15) is 33.1 Å². The van der Waals surface area contributed by atoms with Gasteiger partial charge in [-0.05, 0) is 33.2 Å². The van der Waals surface area contributed by atoms with Crippen LogP contribution in [0.4, 0.5) is 0 Å². The number of carbonyl (C=O) groups is 1. The summed E-state index contributed by atoms with van der Waals surface area (Å²) in [6.07, 6.45) is 2.55. The van der Waals surface area contributed by atoms with Gasteiger partial charge in [-0.2, -0.15) is 0 Å². The van der Waals surface area contributed by atoms with Crippen molar-refractivity contribution in [1.29, 1.82) is 0 Å². The van der Waals surface area contributed by atoms with E-state index >= 15 is 0 Å². The predicted octanol–water partition coefficient (Wildman–Crippen LogP) is 1.08. The standard InChI is InChI=1S/C10H22N2O2.ClH/c1-9(2)14-8-5-10(13)12-7-4-3-6-11;/h9H,3-8,11H2,1-2H3,(H,12,13);1H. The second kappa shape index (κ2) is 11.8. The van der Waals surface area contributed by atoms with Crippen molar-refractivity contribution in [2.75, 3.05) is 19.7 Å². The first-order valence-corrected chi connectivity index (χ1v) is 5.25. The van der Waals surface area contributed by atoms with Crippen molar-refractivity contribution in [3.05, 3.63) is 0 Å². The molecule has 1 amide bonds. The van der Waals surface area contributed by atoms with Crippen molar-refractivity contribution in [2.24, 2.45) is 5.73 Å². The molecule has 0 unspecified atom stereocenters. The molecule has 0 fully saturated rings. The van der Waals surface area contributed by atoms with Gasteiger partial charge in [0.05, 0.1) is 12.7 Å². The van der Waals surface area contributed by atoms with Crippen LogP contribution in [0, 0.1) is 0 Å². The normalized spacial score (nSPS) is 9.87. The second-order valence-electron chi connectivity index (χ2n) is 3.52. The largest absolute Gasteiger partial charge is 0.378 e. The molecule has 0 aromatic carbocycles. The average molecular weight is 239 g/mol. The van der Waals surface area contributed by atoms with Gasteiger partial charge < -0.3 is 15.8 Å². The fraction of sp³-hybridized carbons (Fsp3) is 0.900. The zero-order chi connectivity index (χ0) is 10.8. The first-order chi connectivity index (χ1) is 6.66. The molecule has 0 spiro atoms. The third-order valence-electron chi connectivity index (χ3n) is 1.73. The number of hydrogen-bond donors (Lipinski definition) is 2. The molecule has 0 bridgehead atoms. The predicted molar refractivity (Wildman–Crippen MR) is 64.3 cm³/mol. The van der Waals surface area contributed by atoms with Crippen molar-refractivity contribution < 1.29 is 9.53 Å². The lowest BCUT2D eigenvalue weighted by molar-refractivity contribution is -0.122. The molecule has 0 rings (SSSR count). The maximum absolute atomic E-state index is 11.2. The molecule has 0 aliphatic rings. The van der Waals surface area contributed by atoms with Crippen LogP contribution in [0.15, 0.2) is 0 Å². The third kappa shape index (κ3) is 13.7. The van der Waals surface area contributed by atoms with Gasteiger partial charge in [0.25, 0.3) is 0 Å². The van der Waals surface area contributed by atoms with Crippen LogP contribution < -0.4 is 11.1 Å². The summed E-state index contributed by atoms with van der Waals surface area (Å²) in [4.78, 5) is 11.2. The molecule has 0 radical (unpaired) electrons. The number of carbonyl (C=O) groups excluding carboxylic acids is 1. The van der Waals surface area contributed by atoms with Gasteiger partial charge in [0.1, 0.15) is 0 Å². The first kappa shape index (κ1) is 17.1. The molecular weight excluding hydrogens is 216 g/mol. The Kier molecular flexibility index (Phi) is 13.4. The van der Waals surface area contributed by atoms with E-state index in [1.165, 1.54) is 0 Å². The highest BCUT2D eigenvalue weighted by molar-refractivity contribution is 5.85. The number of rotatable bonds is 8. The van der Waals surface area contributed by atoms with Crippen LogP contribution in [0.25, 0.3) is 0 Å². The van der Waals surface area contributed by atoms with Crippen molar-refractivity contribution in [1.82, 2.24) is 5.32 Å². The molecule has 0 atom stereocenters. The van der Waals surface area contributed by atoms with Crippen LogP contribution in [0.5, 0.6) is 0 Å². The summed E-state index contributed by atoms with van der Waals surface area (Å²) in [6, 6.07) is 0. The van der Waals surface area contributed by atoms with Crippen LogP contribution in [0.2, 0.25) is 0 Å². The highest BCUT2D eigenvalue weighted by Crippen LogP contribution is 1.90. The number of nitrogens with one attached hydrogen (secondary N) is 1. The molecule has 0 saturated heterocycles. The van der Waals surface area contributed by atoms with Crippen molar-refractivity contribution in [3.8, 4) is 0 Å². The first-order valence-electron chi connectivity index (χ1n) is 5.25. The Labute approximate surface area is 98.3 Å². The molecule has 0 aromatic heterocycles. The molecule has 5 heteroatoms. The molecule has 0 aliphatic carbocycles. The summed E-state index contributed by atoms with van der Waals surface area (Å²) in [5, 5.41) is 2.82. The molecule has 0 saturated carbocycles. The number of amides is 1. The summed E-state index contributed by atoms with van der Waals surface area (Å²) < 4.78 is 5.26. The lowest BCUT2D eigenvalue weighted by atomic mass is 10.3. The second-order valence-corrected chi connectivity index (χ2v) is 3.52. The van der Waals surface area contributed by atoms with E-state index in [9.17, 15) is 4.79 Å². The van der Waals surface area contributed by atoms with Crippen LogP contribution >= 0.6 is 12.4 Å². The molecule has 0 aliphatic heterocycles. The van der Waals surface area contributed by atoms with E-state index in [2.05, 4.69) is 5.32 Å². The SMILES string of the molecule is CC(C)OCCC(=O)NCCCCN.Cl. The summed E-state index contributed by atoms with van der Waals surface area (Å²) in [5.41, 5.74) is 5.33. The van der Waals surface area contributed by atoms with Gasteiger partial charge in [-0.15, -0.1) is 12.4 Å².